The minimum atomic E-state index is -0.0223. The third-order valence-electron chi connectivity index (χ3n) is 3.73. The molecule has 0 N–H and O–H groups in total. The van der Waals surface area contributed by atoms with Gasteiger partial charge in [0.05, 0.1) is 0 Å². The summed E-state index contributed by atoms with van der Waals surface area (Å²) in [5.41, 5.74) is 1.55. The molecule has 102 valence electrons. The molecule has 1 unspecified atom stereocenters. The van der Waals surface area contributed by atoms with Gasteiger partial charge in [-0.15, -0.1) is 0 Å². The Labute approximate surface area is 118 Å². The predicted molar refractivity (Wildman–Crippen MR) is 75.5 cm³/mol. The van der Waals surface area contributed by atoms with Crippen LogP contribution < -0.4 is 0 Å². The first-order valence-corrected chi connectivity index (χ1v) is 6.99. The number of Topliss-reactive ketones (excluding diaryl/α,β-unsaturated/α-hetero) is 1. The number of carbonyl (C=O) groups excluding carboxylic acids is 2. The highest BCUT2D eigenvalue weighted by Crippen LogP contribution is 2.21. The molecule has 0 aromatic heterocycles. The van der Waals surface area contributed by atoms with Crippen molar-refractivity contribution in [3.8, 4) is 0 Å². The molecule has 0 aliphatic carbocycles. The molecule has 4 heteroatoms. The van der Waals surface area contributed by atoms with Crippen LogP contribution in [0.2, 0.25) is 5.02 Å². The van der Waals surface area contributed by atoms with Crippen molar-refractivity contribution in [1.29, 1.82) is 0 Å². The molecular weight excluding hydrogens is 262 g/mol. The Balaban J connectivity index is 2.20. The summed E-state index contributed by atoms with van der Waals surface area (Å²) in [6.45, 7) is 4.93. The van der Waals surface area contributed by atoms with Gasteiger partial charge in [-0.1, -0.05) is 24.6 Å². The number of amides is 1. The van der Waals surface area contributed by atoms with Crippen LogP contribution in [0.1, 0.15) is 35.7 Å². The minimum absolute atomic E-state index is 0.0165. The van der Waals surface area contributed by atoms with Crippen LogP contribution in [-0.2, 0) is 4.79 Å². The van der Waals surface area contributed by atoms with Crippen molar-refractivity contribution in [3.63, 3.8) is 0 Å². The van der Waals surface area contributed by atoms with Crippen LogP contribution in [0.4, 0.5) is 0 Å². The second-order valence-electron chi connectivity index (χ2n) is 5.03. The van der Waals surface area contributed by atoms with Crippen molar-refractivity contribution >= 4 is 23.3 Å². The lowest BCUT2D eigenvalue weighted by atomic mass is 9.93. The number of halogens is 1. The smallest absolute Gasteiger partial charge is 0.254 e. The van der Waals surface area contributed by atoms with Crippen molar-refractivity contribution < 1.29 is 9.59 Å². The van der Waals surface area contributed by atoms with E-state index in [9.17, 15) is 9.59 Å². The Kier molecular flexibility index (Phi) is 4.25. The summed E-state index contributed by atoms with van der Waals surface area (Å²) >= 11 is 5.95. The number of hydrogen-bond acceptors (Lipinski definition) is 2. The molecular formula is C15H18ClNO2. The van der Waals surface area contributed by atoms with Gasteiger partial charge in [-0.25, -0.2) is 0 Å². The van der Waals surface area contributed by atoms with Crippen LogP contribution in [0.15, 0.2) is 18.2 Å². The third-order valence-corrected chi connectivity index (χ3v) is 3.97. The molecule has 1 saturated heterocycles. The third kappa shape index (κ3) is 2.98. The van der Waals surface area contributed by atoms with Gasteiger partial charge in [-0.3, -0.25) is 9.59 Å². The van der Waals surface area contributed by atoms with Gasteiger partial charge < -0.3 is 4.90 Å². The number of nitrogens with zero attached hydrogens (tertiary/aromatic N) is 1. The summed E-state index contributed by atoms with van der Waals surface area (Å²) in [5.74, 6) is 0.234. The Morgan fingerprint density at radius 2 is 2.21 bits per heavy atom. The second-order valence-corrected chi connectivity index (χ2v) is 5.47. The van der Waals surface area contributed by atoms with Crippen molar-refractivity contribution in [3.05, 3.63) is 34.3 Å². The van der Waals surface area contributed by atoms with E-state index in [-0.39, 0.29) is 17.6 Å². The maximum atomic E-state index is 12.5. The monoisotopic (exact) mass is 279 g/mol. The number of ketones is 1. The van der Waals surface area contributed by atoms with Crippen LogP contribution in [0, 0.1) is 12.8 Å². The number of rotatable bonds is 2. The average molecular weight is 280 g/mol. The molecule has 1 aromatic rings. The highest BCUT2D eigenvalue weighted by Gasteiger charge is 2.29. The fraction of sp³-hybridized carbons (Fsp3) is 0.467. The number of hydrogen-bond donors (Lipinski definition) is 0. The average Bonchev–Trinajstić information content (AvgIpc) is 2.41. The zero-order chi connectivity index (χ0) is 14.0. The van der Waals surface area contributed by atoms with E-state index in [0.29, 0.717) is 30.1 Å². The van der Waals surface area contributed by atoms with Crippen LogP contribution >= 0.6 is 11.6 Å². The van der Waals surface area contributed by atoms with E-state index in [1.54, 1.807) is 17.0 Å². The lowest BCUT2D eigenvalue weighted by molar-refractivity contribution is -0.125. The number of aryl methyl sites for hydroxylation is 1. The van der Waals surface area contributed by atoms with Gasteiger partial charge in [0.2, 0.25) is 0 Å². The Bertz CT molecular complexity index is 513. The molecule has 1 amide bonds. The van der Waals surface area contributed by atoms with Gasteiger partial charge in [-0.2, -0.15) is 0 Å². The predicted octanol–water partition coefficient (Wildman–Crippen LogP) is 3.09. The summed E-state index contributed by atoms with van der Waals surface area (Å²) in [6, 6.07) is 5.33. The number of likely N-dealkylation sites (tertiary alicyclic amines) is 1. The second kappa shape index (κ2) is 5.74. The summed E-state index contributed by atoms with van der Waals surface area (Å²) < 4.78 is 0. The first-order chi connectivity index (χ1) is 9.02. The number of carbonyl (C=O) groups is 2. The molecule has 0 radical (unpaired) electrons. The highest BCUT2D eigenvalue weighted by molar-refractivity contribution is 6.31. The van der Waals surface area contributed by atoms with Crippen molar-refractivity contribution in [2.45, 2.75) is 26.7 Å². The van der Waals surface area contributed by atoms with E-state index < -0.39 is 0 Å². The Morgan fingerprint density at radius 1 is 1.47 bits per heavy atom. The first-order valence-electron chi connectivity index (χ1n) is 6.61. The van der Waals surface area contributed by atoms with Gasteiger partial charge in [0.15, 0.2) is 0 Å². The van der Waals surface area contributed by atoms with Crippen molar-refractivity contribution in [1.82, 2.24) is 4.90 Å². The van der Waals surface area contributed by atoms with E-state index in [4.69, 9.17) is 11.6 Å². The molecule has 1 fully saturated rings. The molecule has 0 spiro atoms. The molecule has 1 heterocycles. The zero-order valence-corrected chi connectivity index (χ0v) is 12.0. The molecule has 3 nitrogen and oxygen atoms in total. The molecule has 1 aliphatic heterocycles. The van der Waals surface area contributed by atoms with Crippen molar-refractivity contribution in [2.24, 2.45) is 5.92 Å². The molecule has 2 rings (SSSR count). The lowest BCUT2D eigenvalue weighted by Crippen LogP contribution is -2.44. The van der Waals surface area contributed by atoms with Gasteiger partial charge in [0.1, 0.15) is 5.78 Å². The zero-order valence-electron chi connectivity index (χ0n) is 11.3. The van der Waals surface area contributed by atoms with Gasteiger partial charge >= 0.3 is 0 Å². The summed E-state index contributed by atoms with van der Waals surface area (Å²) in [7, 11) is 0. The molecule has 1 aromatic carbocycles. The van der Waals surface area contributed by atoms with Crippen LogP contribution in [0.5, 0.6) is 0 Å². The standard InChI is InChI=1S/C15H18ClNO2/c1-3-11-9-17(7-6-14(11)18)15(19)13-8-12(16)5-4-10(13)2/h4-5,8,11H,3,6-7,9H2,1-2H3. The fourth-order valence-electron chi connectivity index (χ4n) is 2.44. The molecule has 0 bridgehead atoms. The number of piperidine rings is 1. The SMILES string of the molecule is CCC1CN(C(=O)c2cc(Cl)ccc2C)CCC1=O. The van der Waals surface area contributed by atoms with E-state index in [2.05, 4.69) is 0 Å². The first kappa shape index (κ1) is 14.1. The van der Waals surface area contributed by atoms with Gasteiger partial charge in [0.25, 0.3) is 5.91 Å². The molecule has 1 atom stereocenters. The largest absolute Gasteiger partial charge is 0.337 e. The lowest BCUT2D eigenvalue weighted by Gasteiger charge is -2.31. The minimum Gasteiger partial charge on any atom is -0.337 e. The summed E-state index contributed by atoms with van der Waals surface area (Å²) in [4.78, 5) is 26.0. The quantitative estimate of drug-likeness (QED) is 0.834. The van der Waals surface area contributed by atoms with Gasteiger partial charge in [0, 0.05) is 36.0 Å². The molecule has 0 saturated carbocycles. The van der Waals surface area contributed by atoms with E-state index >= 15 is 0 Å². The Hall–Kier alpha value is -1.35. The van der Waals surface area contributed by atoms with Crippen LogP contribution in [-0.4, -0.2) is 29.7 Å². The normalized spacial score (nSPS) is 19.6. The van der Waals surface area contributed by atoms with Crippen LogP contribution in [0.25, 0.3) is 0 Å². The number of benzene rings is 1. The Morgan fingerprint density at radius 3 is 2.89 bits per heavy atom. The summed E-state index contributed by atoms with van der Waals surface area (Å²) in [5, 5.41) is 0.564. The highest BCUT2D eigenvalue weighted by atomic mass is 35.5. The maximum Gasteiger partial charge on any atom is 0.254 e. The van der Waals surface area contributed by atoms with E-state index in [1.807, 2.05) is 19.9 Å². The molecule has 19 heavy (non-hydrogen) atoms. The maximum absolute atomic E-state index is 12.5. The van der Waals surface area contributed by atoms with E-state index in [1.165, 1.54) is 0 Å². The van der Waals surface area contributed by atoms with E-state index in [0.717, 1.165) is 12.0 Å². The summed E-state index contributed by atoms with van der Waals surface area (Å²) in [6.07, 6.45) is 1.25. The topological polar surface area (TPSA) is 37.4 Å². The van der Waals surface area contributed by atoms with Crippen molar-refractivity contribution in [2.75, 3.05) is 13.1 Å². The fourth-order valence-corrected chi connectivity index (χ4v) is 2.62. The van der Waals surface area contributed by atoms with Crippen LogP contribution in [0.3, 0.4) is 0 Å². The van der Waals surface area contributed by atoms with Gasteiger partial charge in [-0.05, 0) is 31.0 Å². The molecule has 1 aliphatic rings.